The molecule has 2 saturated heterocycles. The van der Waals surface area contributed by atoms with E-state index in [1.807, 2.05) is 25.1 Å². The van der Waals surface area contributed by atoms with Gasteiger partial charge in [0.05, 0.1) is 29.0 Å². The van der Waals surface area contributed by atoms with Crippen molar-refractivity contribution in [1.29, 1.82) is 0 Å². The van der Waals surface area contributed by atoms with Crippen LogP contribution in [0.1, 0.15) is 56.7 Å². The van der Waals surface area contributed by atoms with Crippen molar-refractivity contribution < 1.29 is 18.3 Å². The molecule has 2 aliphatic heterocycles. The van der Waals surface area contributed by atoms with Crippen LogP contribution in [0.4, 0.5) is 0 Å². The lowest BCUT2D eigenvalue weighted by Crippen LogP contribution is -2.57. The number of ether oxygens (including phenoxy) is 1. The second-order valence-corrected chi connectivity index (χ2v) is 11.7. The Balaban J connectivity index is 1.67. The largest absolute Gasteiger partial charge is 0.388 e. The molecule has 1 aromatic carbocycles. The van der Waals surface area contributed by atoms with E-state index in [0.717, 1.165) is 6.42 Å². The number of fused-ring (bicyclic) bond motifs is 2. The number of aryl methyl sites for hydroxylation is 2. The number of rotatable bonds is 4. The van der Waals surface area contributed by atoms with Gasteiger partial charge in [0.1, 0.15) is 4.90 Å². The average Bonchev–Trinajstić information content (AvgIpc) is 3.03. The highest BCUT2D eigenvalue weighted by Crippen LogP contribution is 2.50. The van der Waals surface area contributed by atoms with E-state index >= 15 is 0 Å². The number of likely N-dealkylation sites (N-methyl/N-ethyl adjacent to an activating group) is 1. The highest BCUT2D eigenvalue weighted by atomic mass is 32.2. The van der Waals surface area contributed by atoms with Gasteiger partial charge in [-0.2, -0.15) is 9.40 Å². The Morgan fingerprint density at radius 2 is 1.90 bits per heavy atom. The molecule has 0 aliphatic carbocycles. The molecule has 2 aliphatic rings. The van der Waals surface area contributed by atoms with Crippen LogP contribution in [-0.4, -0.2) is 58.0 Å². The van der Waals surface area contributed by atoms with Crippen LogP contribution in [0.5, 0.6) is 0 Å². The molecule has 0 spiro atoms. The second kappa shape index (κ2) is 7.69. The average molecular weight is 448 g/mol. The topological polar surface area (TPSA) is 84.7 Å². The Kier molecular flexibility index (Phi) is 5.57. The number of hydrogen-bond donors (Lipinski definition) is 1. The summed E-state index contributed by atoms with van der Waals surface area (Å²) < 4.78 is 36.2. The molecule has 31 heavy (non-hydrogen) atoms. The van der Waals surface area contributed by atoms with Gasteiger partial charge < -0.3 is 9.84 Å². The number of aliphatic hydroxyl groups excluding tert-OH is 1. The molecule has 2 aromatic rings. The maximum absolute atomic E-state index is 13.4. The first-order valence-corrected chi connectivity index (χ1v) is 12.3. The van der Waals surface area contributed by atoms with E-state index in [-0.39, 0.29) is 10.8 Å². The van der Waals surface area contributed by atoms with Gasteiger partial charge in [-0.3, -0.25) is 4.68 Å². The zero-order valence-electron chi connectivity index (χ0n) is 18.9. The molecule has 4 rings (SSSR count). The van der Waals surface area contributed by atoms with Crippen LogP contribution < -0.4 is 0 Å². The molecule has 2 fully saturated rings. The molecule has 0 radical (unpaired) electrons. The van der Waals surface area contributed by atoms with Crippen LogP contribution in [0.3, 0.4) is 0 Å². The van der Waals surface area contributed by atoms with Crippen molar-refractivity contribution in [2.75, 3.05) is 7.05 Å². The first-order chi connectivity index (χ1) is 14.5. The molecule has 0 amide bonds. The normalized spacial score (nSPS) is 34.0. The minimum Gasteiger partial charge on any atom is -0.388 e. The first kappa shape index (κ1) is 22.5. The number of benzene rings is 1. The Labute approximate surface area is 185 Å². The van der Waals surface area contributed by atoms with Crippen LogP contribution in [0.15, 0.2) is 41.4 Å². The summed E-state index contributed by atoms with van der Waals surface area (Å²) in [5.41, 5.74) is 0.427. The minimum absolute atomic E-state index is 0.177. The summed E-state index contributed by atoms with van der Waals surface area (Å²) in [6.07, 6.45) is 3.28. The number of nitrogens with zero attached hydrogens (tertiary/aromatic N) is 3. The van der Waals surface area contributed by atoms with Crippen molar-refractivity contribution in [2.45, 2.75) is 80.6 Å². The van der Waals surface area contributed by atoms with Crippen molar-refractivity contribution >= 4 is 10.0 Å². The molecule has 0 unspecified atom stereocenters. The predicted molar refractivity (Wildman–Crippen MR) is 118 cm³/mol. The van der Waals surface area contributed by atoms with Gasteiger partial charge in [0.15, 0.2) is 0 Å². The number of aromatic nitrogens is 2. The third-order valence-electron chi connectivity index (χ3n) is 7.13. The minimum atomic E-state index is -3.80. The lowest BCUT2D eigenvalue weighted by molar-refractivity contribution is -0.214. The van der Waals surface area contributed by atoms with E-state index in [1.165, 1.54) is 20.7 Å². The Morgan fingerprint density at radius 3 is 2.52 bits per heavy atom. The first-order valence-electron chi connectivity index (χ1n) is 10.9. The van der Waals surface area contributed by atoms with Gasteiger partial charge in [0.25, 0.3) is 0 Å². The standard InChI is InChI=1S/C23H33N3O4S/c1-16-20(15-25(4)24-16)31(28,29)26(5)19-11-12-22(2)13-18(17-9-7-6-8-10-17)14-23(3,30-22)21(19)27/h6-10,15,18-19,21,27H,11-14H2,1-5H3/t18-,19+,21-,22-,23-/m0/s1. The molecule has 5 atom stereocenters. The molecule has 1 N–H and O–H groups in total. The lowest BCUT2D eigenvalue weighted by atomic mass is 9.74. The molecule has 3 heterocycles. The number of aliphatic hydroxyl groups is 1. The van der Waals surface area contributed by atoms with Crippen molar-refractivity contribution in [1.82, 2.24) is 14.1 Å². The Morgan fingerprint density at radius 1 is 1.23 bits per heavy atom. The van der Waals surface area contributed by atoms with Crippen LogP contribution in [-0.2, 0) is 21.8 Å². The van der Waals surface area contributed by atoms with E-state index in [2.05, 4.69) is 24.2 Å². The predicted octanol–water partition coefficient (Wildman–Crippen LogP) is 2.98. The fourth-order valence-corrected chi connectivity index (χ4v) is 7.17. The summed E-state index contributed by atoms with van der Waals surface area (Å²) in [5.74, 6) is 0.251. The summed E-state index contributed by atoms with van der Waals surface area (Å²) in [4.78, 5) is 0.177. The fraction of sp³-hybridized carbons (Fsp3) is 0.609. The highest BCUT2D eigenvalue weighted by molar-refractivity contribution is 7.89. The summed E-state index contributed by atoms with van der Waals surface area (Å²) in [6, 6.07) is 9.75. The second-order valence-electron chi connectivity index (χ2n) is 9.71. The Hall–Kier alpha value is -1.74. The quantitative estimate of drug-likeness (QED) is 0.779. The van der Waals surface area contributed by atoms with Gasteiger partial charge in [-0.25, -0.2) is 8.42 Å². The zero-order chi connectivity index (χ0) is 22.6. The van der Waals surface area contributed by atoms with Crippen LogP contribution in [0.2, 0.25) is 0 Å². The van der Waals surface area contributed by atoms with Crippen LogP contribution >= 0.6 is 0 Å². The molecule has 8 heteroatoms. The molecule has 2 bridgehead atoms. The van der Waals surface area contributed by atoms with Gasteiger partial charge >= 0.3 is 0 Å². The van der Waals surface area contributed by atoms with E-state index in [9.17, 15) is 13.5 Å². The summed E-state index contributed by atoms with van der Waals surface area (Å²) in [7, 11) is -0.540. The van der Waals surface area contributed by atoms with E-state index in [4.69, 9.17) is 4.74 Å². The van der Waals surface area contributed by atoms with Crippen molar-refractivity contribution in [3.8, 4) is 0 Å². The van der Waals surface area contributed by atoms with E-state index in [0.29, 0.717) is 25.0 Å². The Bertz CT molecular complexity index is 1050. The van der Waals surface area contributed by atoms with Crippen LogP contribution in [0.25, 0.3) is 0 Å². The highest BCUT2D eigenvalue weighted by Gasteiger charge is 2.54. The van der Waals surface area contributed by atoms with Gasteiger partial charge in [0.2, 0.25) is 10.0 Å². The third-order valence-corrected chi connectivity index (χ3v) is 9.12. The fourth-order valence-electron chi connectivity index (χ4n) is 5.59. The van der Waals surface area contributed by atoms with E-state index in [1.54, 1.807) is 21.0 Å². The summed E-state index contributed by atoms with van der Waals surface area (Å²) in [6.45, 7) is 5.71. The van der Waals surface area contributed by atoms with E-state index < -0.39 is 33.4 Å². The molecule has 1 aromatic heterocycles. The molecular formula is C23H33N3O4S. The van der Waals surface area contributed by atoms with Gasteiger partial charge in [-0.15, -0.1) is 0 Å². The number of hydrogen-bond acceptors (Lipinski definition) is 5. The smallest absolute Gasteiger partial charge is 0.246 e. The van der Waals surface area contributed by atoms with Crippen molar-refractivity contribution in [2.24, 2.45) is 7.05 Å². The maximum Gasteiger partial charge on any atom is 0.246 e. The third kappa shape index (κ3) is 3.95. The molecule has 0 saturated carbocycles. The molecule has 170 valence electrons. The zero-order valence-corrected chi connectivity index (χ0v) is 19.8. The SMILES string of the molecule is Cc1nn(C)cc1S(=O)(=O)N(C)[C@@H]1CC[C@@]2(C)C[C@H](c3ccccc3)C[C@](C)(O2)[C@H]1O. The number of sulfonamides is 1. The van der Waals surface area contributed by atoms with Crippen molar-refractivity contribution in [3.63, 3.8) is 0 Å². The molecular weight excluding hydrogens is 414 g/mol. The van der Waals surface area contributed by atoms with Crippen LogP contribution in [0, 0.1) is 6.92 Å². The molecule has 7 nitrogen and oxygen atoms in total. The lowest BCUT2D eigenvalue weighted by Gasteiger charge is -2.49. The van der Waals surface area contributed by atoms with Gasteiger partial charge in [-0.1, -0.05) is 30.3 Å². The summed E-state index contributed by atoms with van der Waals surface area (Å²) in [5, 5.41) is 15.7. The van der Waals surface area contributed by atoms with Gasteiger partial charge in [-0.05, 0) is 57.9 Å². The maximum atomic E-state index is 13.4. The van der Waals surface area contributed by atoms with Gasteiger partial charge in [0, 0.05) is 20.3 Å². The monoisotopic (exact) mass is 447 g/mol. The summed E-state index contributed by atoms with van der Waals surface area (Å²) >= 11 is 0. The van der Waals surface area contributed by atoms with Crippen molar-refractivity contribution in [3.05, 3.63) is 47.8 Å².